The molecule has 2 aromatic rings. The van der Waals surface area contributed by atoms with Crippen molar-refractivity contribution in [2.75, 3.05) is 13.6 Å². The number of imide groups is 1. The van der Waals surface area contributed by atoms with Crippen molar-refractivity contribution in [2.24, 2.45) is 0 Å². The molecular weight excluding hydrogens is 349 g/mol. The van der Waals surface area contributed by atoms with Gasteiger partial charge in [-0.15, -0.1) is 0 Å². The van der Waals surface area contributed by atoms with E-state index >= 15 is 0 Å². The quantitative estimate of drug-likeness (QED) is 0.766. The van der Waals surface area contributed by atoms with Crippen molar-refractivity contribution in [3.8, 4) is 11.1 Å². The number of likely N-dealkylation sites (N-methyl/N-ethyl adjacent to an activating group) is 1. The van der Waals surface area contributed by atoms with Gasteiger partial charge in [-0.25, -0.2) is 9.18 Å². The van der Waals surface area contributed by atoms with Crippen LogP contribution in [0.25, 0.3) is 11.1 Å². The molecule has 0 bridgehead atoms. The van der Waals surface area contributed by atoms with E-state index in [1.165, 1.54) is 19.2 Å². The van der Waals surface area contributed by atoms with Gasteiger partial charge in [0.2, 0.25) is 5.91 Å². The Balaban J connectivity index is 1.46. The maximum absolute atomic E-state index is 13.0. The predicted octanol–water partition coefficient (Wildman–Crippen LogP) is 2.09. The van der Waals surface area contributed by atoms with Gasteiger partial charge >= 0.3 is 6.03 Å². The lowest BCUT2D eigenvalue weighted by molar-refractivity contribution is -0.130. The lowest BCUT2D eigenvalue weighted by atomic mass is 10.0. The van der Waals surface area contributed by atoms with Crippen molar-refractivity contribution < 1.29 is 18.8 Å². The van der Waals surface area contributed by atoms with Gasteiger partial charge in [-0.1, -0.05) is 36.4 Å². The van der Waals surface area contributed by atoms with Gasteiger partial charge < -0.3 is 10.6 Å². The maximum Gasteiger partial charge on any atom is 0.324 e. The first kappa shape index (κ1) is 18.6. The summed E-state index contributed by atoms with van der Waals surface area (Å²) in [5, 5.41) is 5.23. The van der Waals surface area contributed by atoms with Gasteiger partial charge in [0, 0.05) is 13.6 Å². The van der Waals surface area contributed by atoms with E-state index in [-0.39, 0.29) is 18.1 Å². The third-order valence-electron chi connectivity index (χ3n) is 4.49. The molecular formula is C20H20FN3O3. The summed E-state index contributed by atoms with van der Waals surface area (Å²) in [6, 6.07) is 12.8. The topological polar surface area (TPSA) is 78.5 Å². The zero-order chi connectivity index (χ0) is 19.4. The van der Waals surface area contributed by atoms with Crippen molar-refractivity contribution in [3.63, 3.8) is 0 Å². The van der Waals surface area contributed by atoms with Gasteiger partial charge in [0.25, 0.3) is 5.91 Å². The van der Waals surface area contributed by atoms with Gasteiger partial charge in [-0.2, -0.15) is 0 Å². The van der Waals surface area contributed by atoms with Crippen LogP contribution in [0, 0.1) is 5.82 Å². The van der Waals surface area contributed by atoms with Gasteiger partial charge in [-0.05, 0) is 35.2 Å². The smallest absolute Gasteiger partial charge is 0.324 e. The number of hydrogen-bond donors (Lipinski definition) is 2. The summed E-state index contributed by atoms with van der Waals surface area (Å²) in [7, 11) is 1.38. The van der Waals surface area contributed by atoms with Gasteiger partial charge in [0.05, 0.1) is 6.42 Å². The second-order valence-corrected chi connectivity index (χ2v) is 6.41. The van der Waals surface area contributed by atoms with Crippen LogP contribution < -0.4 is 10.6 Å². The molecule has 7 heteroatoms. The molecule has 4 amide bonds. The molecule has 2 N–H and O–H groups in total. The van der Waals surface area contributed by atoms with E-state index in [0.717, 1.165) is 21.6 Å². The monoisotopic (exact) mass is 369 g/mol. The van der Waals surface area contributed by atoms with Crippen molar-refractivity contribution in [1.82, 2.24) is 15.5 Å². The van der Waals surface area contributed by atoms with Crippen LogP contribution >= 0.6 is 0 Å². The van der Waals surface area contributed by atoms with E-state index in [0.29, 0.717) is 13.0 Å². The molecule has 6 nitrogen and oxygen atoms in total. The van der Waals surface area contributed by atoms with Crippen LogP contribution in [0.4, 0.5) is 9.18 Å². The molecule has 3 rings (SSSR count). The number of carbonyl (C=O) groups is 3. The molecule has 1 aliphatic rings. The maximum atomic E-state index is 13.0. The molecule has 0 saturated carbocycles. The highest BCUT2D eigenvalue weighted by atomic mass is 19.1. The standard InChI is InChI=1S/C20H20FN3O3/c1-24-19(26)17(23-20(24)27)12-18(25)22-11-10-13-2-4-14(5-3-13)15-6-8-16(21)9-7-15/h2-9,17H,10-12H2,1H3,(H,22,25)(H,23,27). The molecule has 140 valence electrons. The number of hydrogen-bond acceptors (Lipinski definition) is 3. The van der Waals surface area contributed by atoms with Crippen molar-refractivity contribution in [1.29, 1.82) is 0 Å². The minimum absolute atomic E-state index is 0.0710. The highest BCUT2D eigenvalue weighted by molar-refractivity contribution is 6.05. The van der Waals surface area contributed by atoms with E-state index < -0.39 is 18.0 Å². The molecule has 1 unspecified atom stereocenters. The van der Waals surface area contributed by atoms with Crippen LogP contribution in [0.3, 0.4) is 0 Å². The summed E-state index contributed by atoms with van der Waals surface area (Å²) in [5.74, 6) is -0.949. The van der Waals surface area contributed by atoms with E-state index in [1.54, 1.807) is 12.1 Å². The lowest BCUT2D eigenvalue weighted by Gasteiger charge is -2.09. The molecule has 27 heavy (non-hydrogen) atoms. The average Bonchev–Trinajstić information content (AvgIpc) is 2.90. The molecule has 0 radical (unpaired) electrons. The van der Waals surface area contributed by atoms with E-state index in [1.807, 2.05) is 24.3 Å². The van der Waals surface area contributed by atoms with Crippen molar-refractivity contribution in [2.45, 2.75) is 18.9 Å². The lowest BCUT2D eigenvalue weighted by Crippen LogP contribution is -2.36. The minimum atomic E-state index is -0.794. The fraction of sp³-hybridized carbons (Fsp3) is 0.250. The number of carbonyl (C=O) groups excluding carboxylic acids is 3. The summed E-state index contributed by atoms with van der Waals surface area (Å²) < 4.78 is 13.0. The van der Waals surface area contributed by atoms with E-state index in [9.17, 15) is 18.8 Å². The molecule has 1 saturated heterocycles. The Bertz CT molecular complexity index is 850. The molecule has 1 atom stereocenters. The fourth-order valence-corrected chi connectivity index (χ4v) is 2.89. The Morgan fingerprint density at radius 1 is 1.07 bits per heavy atom. The SMILES string of the molecule is CN1C(=O)NC(CC(=O)NCCc2ccc(-c3ccc(F)cc3)cc2)C1=O. The van der Waals surface area contributed by atoms with Crippen molar-refractivity contribution in [3.05, 3.63) is 59.9 Å². The number of rotatable bonds is 6. The number of amides is 4. The number of halogens is 1. The van der Waals surface area contributed by atoms with Crippen LogP contribution in [-0.2, 0) is 16.0 Å². The van der Waals surface area contributed by atoms with Crippen LogP contribution in [0.2, 0.25) is 0 Å². The number of nitrogens with one attached hydrogen (secondary N) is 2. The third-order valence-corrected chi connectivity index (χ3v) is 4.49. The van der Waals surface area contributed by atoms with E-state index in [4.69, 9.17) is 0 Å². The van der Waals surface area contributed by atoms with E-state index in [2.05, 4.69) is 10.6 Å². The Hall–Kier alpha value is -3.22. The molecule has 0 spiro atoms. The first-order valence-electron chi connectivity index (χ1n) is 8.63. The van der Waals surface area contributed by atoms with Crippen LogP contribution in [0.1, 0.15) is 12.0 Å². The summed E-state index contributed by atoms with van der Waals surface area (Å²) in [5.41, 5.74) is 2.97. The first-order valence-corrected chi connectivity index (χ1v) is 8.63. The second kappa shape index (κ2) is 7.99. The summed E-state index contributed by atoms with van der Waals surface area (Å²) >= 11 is 0. The fourth-order valence-electron chi connectivity index (χ4n) is 2.89. The summed E-state index contributed by atoms with van der Waals surface area (Å²) in [6.07, 6.45) is 0.568. The number of nitrogens with zero attached hydrogens (tertiary/aromatic N) is 1. The Kier molecular flexibility index (Phi) is 5.49. The molecule has 0 aliphatic carbocycles. The Morgan fingerprint density at radius 3 is 2.22 bits per heavy atom. The summed E-state index contributed by atoms with van der Waals surface area (Å²) in [4.78, 5) is 36.0. The number of urea groups is 1. The second-order valence-electron chi connectivity index (χ2n) is 6.41. The summed E-state index contributed by atoms with van der Waals surface area (Å²) in [6.45, 7) is 0.430. The molecule has 0 aromatic heterocycles. The normalized spacial score (nSPS) is 16.4. The van der Waals surface area contributed by atoms with Gasteiger partial charge in [-0.3, -0.25) is 14.5 Å². The molecule has 2 aromatic carbocycles. The van der Waals surface area contributed by atoms with Crippen LogP contribution in [-0.4, -0.2) is 42.4 Å². The van der Waals surface area contributed by atoms with Crippen molar-refractivity contribution >= 4 is 17.8 Å². The molecule has 1 fully saturated rings. The third kappa shape index (κ3) is 4.49. The Labute approximate surface area is 156 Å². The first-order chi connectivity index (χ1) is 12.9. The van der Waals surface area contributed by atoms with Gasteiger partial charge in [0.1, 0.15) is 11.9 Å². The highest BCUT2D eigenvalue weighted by Gasteiger charge is 2.36. The zero-order valence-corrected chi connectivity index (χ0v) is 14.9. The van der Waals surface area contributed by atoms with Gasteiger partial charge in [0.15, 0.2) is 0 Å². The highest BCUT2D eigenvalue weighted by Crippen LogP contribution is 2.20. The minimum Gasteiger partial charge on any atom is -0.356 e. The number of benzene rings is 2. The van der Waals surface area contributed by atoms with Crippen LogP contribution in [0.15, 0.2) is 48.5 Å². The largest absolute Gasteiger partial charge is 0.356 e. The molecule has 1 aliphatic heterocycles. The molecule has 1 heterocycles. The predicted molar refractivity (Wildman–Crippen MR) is 98.3 cm³/mol. The average molecular weight is 369 g/mol. The Morgan fingerprint density at radius 2 is 1.67 bits per heavy atom. The van der Waals surface area contributed by atoms with Crippen LogP contribution in [0.5, 0.6) is 0 Å². The zero-order valence-electron chi connectivity index (χ0n) is 14.9.